The lowest BCUT2D eigenvalue weighted by atomic mass is 10.2. The number of aromatic carboxylic acids is 1. The molecule has 2 aromatic rings. The van der Waals surface area contributed by atoms with Gasteiger partial charge < -0.3 is 15.3 Å². The number of carboxylic acids is 1. The first-order chi connectivity index (χ1) is 7.66. The van der Waals surface area contributed by atoms with Gasteiger partial charge >= 0.3 is 5.97 Å². The molecule has 0 aliphatic carbocycles. The molecule has 3 N–H and O–H groups in total. The Bertz CT molecular complexity index is 511. The molecule has 0 fully saturated rings. The lowest BCUT2D eigenvalue weighted by Crippen LogP contribution is -2.00. The van der Waals surface area contributed by atoms with E-state index in [2.05, 4.69) is 4.98 Å². The van der Waals surface area contributed by atoms with Crippen molar-refractivity contribution in [3.63, 3.8) is 0 Å². The van der Waals surface area contributed by atoms with E-state index in [1.807, 2.05) is 0 Å². The van der Waals surface area contributed by atoms with E-state index in [1.165, 1.54) is 18.5 Å². The maximum Gasteiger partial charge on any atom is 0.336 e. The molecule has 5 nitrogen and oxygen atoms in total. The standard InChI is InChI=1S/C10H8N2O3S/c11-6-1-2-8(7(5-6)9(13)14)16-10-12-3-4-15-10/h1-5H,11H2,(H,13,14). The van der Waals surface area contributed by atoms with Crippen molar-refractivity contribution in [2.75, 3.05) is 5.73 Å². The van der Waals surface area contributed by atoms with Gasteiger partial charge in [-0.2, -0.15) is 0 Å². The summed E-state index contributed by atoms with van der Waals surface area (Å²) >= 11 is 1.14. The molecule has 1 aromatic heterocycles. The number of oxazole rings is 1. The zero-order valence-electron chi connectivity index (χ0n) is 8.08. The molecule has 2 rings (SSSR count). The largest absolute Gasteiger partial charge is 0.478 e. The number of benzene rings is 1. The van der Waals surface area contributed by atoms with Gasteiger partial charge in [-0.15, -0.1) is 0 Å². The monoisotopic (exact) mass is 236 g/mol. The highest BCUT2D eigenvalue weighted by molar-refractivity contribution is 7.99. The van der Waals surface area contributed by atoms with E-state index in [0.29, 0.717) is 15.8 Å². The molecule has 6 heteroatoms. The summed E-state index contributed by atoms with van der Waals surface area (Å²) in [5.41, 5.74) is 6.08. The number of rotatable bonds is 3. The fraction of sp³-hybridized carbons (Fsp3) is 0. The Morgan fingerprint density at radius 2 is 2.31 bits per heavy atom. The number of nitrogens with two attached hydrogens (primary N) is 1. The Hall–Kier alpha value is -1.95. The summed E-state index contributed by atoms with van der Waals surface area (Å²) in [5.74, 6) is -1.03. The second kappa shape index (κ2) is 4.28. The van der Waals surface area contributed by atoms with Crippen LogP contribution in [0.4, 0.5) is 5.69 Å². The Kier molecular flexibility index (Phi) is 2.82. The average molecular weight is 236 g/mol. The summed E-state index contributed by atoms with van der Waals surface area (Å²) in [7, 11) is 0. The second-order valence-electron chi connectivity index (χ2n) is 2.96. The van der Waals surface area contributed by atoms with E-state index in [0.717, 1.165) is 11.8 Å². The predicted octanol–water partition coefficient (Wildman–Crippen LogP) is 2.11. The fourth-order valence-electron chi connectivity index (χ4n) is 1.16. The SMILES string of the molecule is Nc1ccc(Sc2ncco2)c(C(=O)O)c1. The van der Waals surface area contributed by atoms with E-state index >= 15 is 0 Å². The maximum atomic E-state index is 11.0. The van der Waals surface area contributed by atoms with Crippen LogP contribution in [0.25, 0.3) is 0 Å². The van der Waals surface area contributed by atoms with Crippen LogP contribution in [0.15, 0.2) is 45.2 Å². The van der Waals surface area contributed by atoms with E-state index in [9.17, 15) is 4.79 Å². The molecule has 0 bridgehead atoms. The molecule has 16 heavy (non-hydrogen) atoms. The van der Waals surface area contributed by atoms with Crippen molar-refractivity contribution in [3.05, 3.63) is 36.2 Å². The van der Waals surface area contributed by atoms with Crippen LogP contribution in [0.3, 0.4) is 0 Å². The minimum absolute atomic E-state index is 0.142. The van der Waals surface area contributed by atoms with Gasteiger partial charge in [0.2, 0.25) is 0 Å². The zero-order chi connectivity index (χ0) is 11.5. The van der Waals surface area contributed by atoms with Gasteiger partial charge in [0, 0.05) is 10.6 Å². The van der Waals surface area contributed by atoms with Crippen molar-refractivity contribution in [2.45, 2.75) is 10.1 Å². The smallest absolute Gasteiger partial charge is 0.336 e. The van der Waals surface area contributed by atoms with Gasteiger partial charge in [-0.05, 0) is 30.0 Å². The number of carbonyl (C=O) groups is 1. The molecule has 0 unspecified atom stereocenters. The number of hydrogen-bond donors (Lipinski definition) is 2. The predicted molar refractivity (Wildman–Crippen MR) is 58.4 cm³/mol. The molecule has 0 spiro atoms. The first-order valence-corrected chi connectivity index (χ1v) is 5.18. The first-order valence-electron chi connectivity index (χ1n) is 4.37. The summed E-state index contributed by atoms with van der Waals surface area (Å²) in [6.45, 7) is 0. The van der Waals surface area contributed by atoms with E-state index < -0.39 is 5.97 Å². The highest BCUT2D eigenvalue weighted by atomic mass is 32.2. The first kappa shape index (κ1) is 10.6. The molecule has 0 aliphatic rings. The summed E-state index contributed by atoms with van der Waals surface area (Å²) in [4.78, 5) is 15.4. The van der Waals surface area contributed by atoms with Gasteiger partial charge in [0.1, 0.15) is 6.26 Å². The molecule has 1 aromatic carbocycles. The summed E-state index contributed by atoms with van der Waals surface area (Å²) < 4.78 is 5.03. The van der Waals surface area contributed by atoms with Crippen LogP contribution in [0.2, 0.25) is 0 Å². The molecular formula is C10H8N2O3S. The van der Waals surface area contributed by atoms with Crippen LogP contribution in [0.1, 0.15) is 10.4 Å². The molecule has 82 valence electrons. The van der Waals surface area contributed by atoms with Gasteiger partial charge in [0.25, 0.3) is 5.22 Å². The third-order valence-corrected chi connectivity index (χ3v) is 2.79. The van der Waals surface area contributed by atoms with Gasteiger partial charge in [-0.1, -0.05) is 0 Å². The topological polar surface area (TPSA) is 89.4 Å². The normalized spacial score (nSPS) is 10.2. The minimum atomic E-state index is -1.03. The number of aromatic nitrogens is 1. The maximum absolute atomic E-state index is 11.0. The summed E-state index contributed by atoms with van der Waals surface area (Å²) in [6, 6.07) is 4.68. The van der Waals surface area contributed by atoms with Crippen molar-refractivity contribution in [2.24, 2.45) is 0 Å². The highest BCUT2D eigenvalue weighted by Crippen LogP contribution is 2.30. The third-order valence-electron chi connectivity index (χ3n) is 1.84. The molecular weight excluding hydrogens is 228 g/mol. The minimum Gasteiger partial charge on any atom is -0.478 e. The van der Waals surface area contributed by atoms with Gasteiger partial charge in [-0.25, -0.2) is 9.78 Å². The van der Waals surface area contributed by atoms with Crippen LogP contribution in [0.5, 0.6) is 0 Å². The Balaban J connectivity index is 2.36. The zero-order valence-corrected chi connectivity index (χ0v) is 8.90. The number of carboxylic acid groups (broad SMARTS) is 1. The fourth-order valence-corrected chi connectivity index (χ4v) is 1.96. The van der Waals surface area contributed by atoms with Crippen molar-refractivity contribution >= 4 is 23.4 Å². The summed E-state index contributed by atoms with van der Waals surface area (Å²) in [6.07, 6.45) is 2.93. The van der Waals surface area contributed by atoms with Crippen LogP contribution in [0, 0.1) is 0 Å². The van der Waals surface area contributed by atoms with Crippen LogP contribution < -0.4 is 5.73 Å². The Morgan fingerprint density at radius 1 is 1.50 bits per heavy atom. The van der Waals surface area contributed by atoms with Crippen molar-refractivity contribution in [1.29, 1.82) is 0 Å². The van der Waals surface area contributed by atoms with E-state index in [4.69, 9.17) is 15.3 Å². The number of hydrogen-bond acceptors (Lipinski definition) is 5. The highest BCUT2D eigenvalue weighted by Gasteiger charge is 2.13. The number of nitrogens with zero attached hydrogens (tertiary/aromatic N) is 1. The van der Waals surface area contributed by atoms with Crippen molar-refractivity contribution in [3.8, 4) is 0 Å². The third kappa shape index (κ3) is 2.17. The van der Waals surface area contributed by atoms with Gasteiger partial charge in [-0.3, -0.25) is 0 Å². The number of anilines is 1. The summed E-state index contributed by atoms with van der Waals surface area (Å²) in [5, 5.41) is 9.39. The quantitative estimate of drug-likeness (QED) is 0.793. The second-order valence-corrected chi connectivity index (χ2v) is 3.95. The molecule has 0 saturated heterocycles. The number of nitrogen functional groups attached to an aromatic ring is 1. The van der Waals surface area contributed by atoms with Crippen molar-refractivity contribution in [1.82, 2.24) is 4.98 Å². The molecule has 0 amide bonds. The van der Waals surface area contributed by atoms with E-state index in [-0.39, 0.29) is 5.56 Å². The van der Waals surface area contributed by atoms with Crippen LogP contribution >= 0.6 is 11.8 Å². The lowest BCUT2D eigenvalue weighted by molar-refractivity contribution is 0.0693. The molecule has 0 saturated carbocycles. The van der Waals surface area contributed by atoms with Crippen LogP contribution in [-0.4, -0.2) is 16.1 Å². The molecule has 0 atom stereocenters. The Morgan fingerprint density at radius 3 is 2.94 bits per heavy atom. The lowest BCUT2D eigenvalue weighted by Gasteiger charge is -2.03. The van der Waals surface area contributed by atoms with Crippen molar-refractivity contribution < 1.29 is 14.3 Å². The average Bonchev–Trinajstić information content (AvgIpc) is 2.73. The van der Waals surface area contributed by atoms with Crippen LogP contribution in [-0.2, 0) is 0 Å². The molecule has 0 radical (unpaired) electrons. The molecule has 0 aliphatic heterocycles. The van der Waals surface area contributed by atoms with Gasteiger partial charge in [0.05, 0.1) is 11.8 Å². The molecule has 1 heterocycles. The Labute approximate surface area is 95.3 Å². The van der Waals surface area contributed by atoms with Gasteiger partial charge in [0.15, 0.2) is 0 Å². The van der Waals surface area contributed by atoms with E-state index in [1.54, 1.807) is 12.1 Å².